The molecule has 1 unspecified atom stereocenters. The van der Waals surface area contributed by atoms with Gasteiger partial charge in [0.2, 0.25) is 0 Å². The molecule has 0 saturated carbocycles. The van der Waals surface area contributed by atoms with Gasteiger partial charge in [-0.3, -0.25) is 15.0 Å². The molecule has 5 rings (SSSR count). The van der Waals surface area contributed by atoms with Gasteiger partial charge in [-0.25, -0.2) is 10.1 Å². The van der Waals surface area contributed by atoms with Crippen molar-refractivity contribution in [3.63, 3.8) is 0 Å². The predicted molar refractivity (Wildman–Crippen MR) is 146 cm³/mol. The highest BCUT2D eigenvalue weighted by molar-refractivity contribution is 5.95. The lowest BCUT2D eigenvalue weighted by atomic mass is 9.98. The van der Waals surface area contributed by atoms with Crippen LogP contribution < -0.4 is 15.5 Å². The van der Waals surface area contributed by atoms with Crippen molar-refractivity contribution in [2.24, 2.45) is 11.8 Å². The number of carboxylic acid groups (broad SMARTS) is 1. The molecule has 0 bridgehead atoms. The predicted octanol–water partition coefficient (Wildman–Crippen LogP) is 4.57. The number of amides is 1. The van der Waals surface area contributed by atoms with Crippen molar-refractivity contribution in [3.8, 4) is 11.5 Å². The van der Waals surface area contributed by atoms with Gasteiger partial charge in [0.15, 0.2) is 0 Å². The average Bonchev–Trinajstić information content (AvgIpc) is 2.98. The first-order valence-corrected chi connectivity index (χ1v) is 13.1. The molecule has 3 aliphatic rings. The second-order valence-corrected chi connectivity index (χ2v) is 9.64. The number of nitrogens with zero attached hydrogens (tertiary/aromatic N) is 2. The van der Waals surface area contributed by atoms with Gasteiger partial charge in [0.1, 0.15) is 17.3 Å². The zero-order valence-electron chi connectivity index (χ0n) is 21.5. The molecule has 2 heterocycles. The van der Waals surface area contributed by atoms with Crippen LogP contribution in [0, 0.1) is 11.8 Å². The van der Waals surface area contributed by atoms with Crippen molar-refractivity contribution in [1.29, 1.82) is 0 Å². The Bertz CT molecular complexity index is 1280. The number of hydrazine groups is 2. The third kappa shape index (κ3) is 7.08. The van der Waals surface area contributed by atoms with Gasteiger partial charge in [-0.05, 0) is 79.8 Å². The van der Waals surface area contributed by atoms with Crippen molar-refractivity contribution >= 4 is 11.9 Å². The standard InChI is InChI=1S/C30H32N4O5/c35-29(23-6-12-28(13-7-23)39-27-4-2-1-3-5-27)32-25-16-19-34(31-20-25)33-17-14-22(15-18-33)21-38-26-10-8-24(9-11-26)30(36)37/h1-8,10-13,16,19-20,22,24,31H,9,14-15,17-18,21H2,(H,32,35)(H,36,37). The third-order valence-electron chi connectivity index (χ3n) is 6.87. The maximum Gasteiger partial charge on any atom is 0.310 e. The van der Waals surface area contributed by atoms with Crippen molar-refractivity contribution in [2.45, 2.75) is 19.3 Å². The lowest BCUT2D eigenvalue weighted by molar-refractivity contribution is -0.140. The number of benzene rings is 2. The van der Waals surface area contributed by atoms with E-state index in [9.17, 15) is 9.59 Å². The molecule has 202 valence electrons. The van der Waals surface area contributed by atoms with E-state index in [0.29, 0.717) is 36.0 Å². The van der Waals surface area contributed by atoms with Crippen LogP contribution in [0.5, 0.6) is 11.5 Å². The fourth-order valence-corrected chi connectivity index (χ4v) is 4.54. The van der Waals surface area contributed by atoms with Gasteiger partial charge in [0.05, 0.1) is 18.2 Å². The van der Waals surface area contributed by atoms with Crippen LogP contribution >= 0.6 is 0 Å². The Hall–Kier alpha value is -4.50. The number of ether oxygens (including phenoxy) is 2. The molecule has 9 nitrogen and oxygen atoms in total. The van der Waals surface area contributed by atoms with Gasteiger partial charge in [-0.1, -0.05) is 24.3 Å². The monoisotopic (exact) mass is 528 g/mol. The molecule has 1 amide bonds. The van der Waals surface area contributed by atoms with E-state index in [0.717, 1.165) is 37.4 Å². The lowest BCUT2D eigenvalue weighted by Crippen LogP contribution is -2.50. The van der Waals surface area contributed by atoms with Gasteiger partial charge < -0.3 is 19.9 Å². The van der Waals surface area contributed by atoms with E-state index in [1.807, 2.05) is 53.8 Å². The molecule has 1 fully saturated rings. The van der Waals surface area contributed by atoms with Crippen LogP contribution in [0.1, 0.15) is 29.6 Å². The number of piperidine rings is 1. The van der Waals surface area contributed by atoms with Crippen LogP contribution in [0.4, 0.5) is 0 Å². The summed E-state index contributed by atoms with van der Waals surface area (Å²) in [5.74, 6) is 1.14. The van der Waals surface area contributed by atoms with Crippen LogP contribution in [0.3, 0.4) is 0 Å². The largest absolute Gasteiger partial charge is 0.494 e. The average molecular weight is 529 g/mol. The minimum absolute atomic E-state index is 0.199. The molecule has 1 atom stereocenters. The summed E-state index contributed by atoms with van der Waals surface area (Å²) in [6.45, 7) is 2.36. The number of nitrogens with one attached hydrogen (secondary N) is 2. The minimum atomic E-state index is -0.807. The minimum Gasteiger partial charge on any atom is -0.494 e. The summed E-state index contributed by atoms with van der Waals surface area (Å²) in [5.41, 5.74) is 4.43. The number of rotatable bonds is 9. The molecule has 0 spiro atoms. The molecule has 1 saturated heterocycles. The summed E-state index contributed by atoms with van der Waals surface area (Å²) in [5, 5.41) is 16.1. The highest BCUT2D eigenvalue weighted by atomic mass is 16.5. The summed E-state index contributed by atoms with van der Waals surface area (Å²) in [4.78, 5) is 23.7. The van der Waals surface area contributed by atoms with Crippen molar-refractivity contribution in [3.05, 3.63) is 108 Å². The Morgan fingerprint density at radius 3 is 2.38 bits per heavy atom. The molecule has 1 aliphatic carbocycles. The number of allylic oxidation sites excluding steroid dienone is 3. The molecular weight excluding hydrogens is 496 g/mol. The molecular formula is C30H32N4O5. The number of carbonyl (C=O) groups is 2. The molecule has 2 aliphatic heterocycles. The SMILES string of the molecule is O=C(NC1=CNN(N2CCC(COC3=CCC(C(=O)O)C=C3)CC2)C=C1)c1ccc(Oc2ccccc2)cc1. The Labute approximate surface area is 227 Å². The number of carboxylic acids is 1. The Balaban J connectivity index is 1.02. The number of hydrogen-bond donors (Lipinski definition) is 3. The summed E-state index contributed by atoms with van der Waals surface area (Å²) in [6, 6.07) is 16.5. The summed E-state index contributed by atoms with van der Waals surface area (Å²) < 4.78 is 11.7. The first-order valence-electron chi connectivity index (χ1n) is 13.1. The topological polar surface area (TPSA) is 103 Å². The first-order chi connectivity index (χ1) is 19.0. The van der Waals surface area contributed by atoms with E-state index in [1.165, 1.54) is 0 Å². The Morgan fingerprint density at radius 1 is 1.00 bits per heavy atom. The first kappa shape index (κ1) is 26.1. The molecule has 2 aromatic rings. The highest BCUT2D eigenvalue weighted by Gasteiger charge is 2.24. The summed E-state index contributed by atoms with van der Waals surface area (Å²) in [6.07, 6.45) is 13.3. The number of para-hydroxylation sites is 1. The van der Waals surface area contributed by atoms with E-state index in [1.54, 1.807) is 42.6 Å². The van der Waals surface area contributed by atoms with E-state index in [2.05, 4.69) is 15.8 Å². The van der Waals surface area contributed by atoms with E-state index in [4.69, 9.17) is 14.6 Å². The summed E-state index contributed by atoms with van der Waals surface area (Å²) in [7, 11) is 0. The van der Waals surface area contributed by atoms with Gasteiger partial charge in [0.25, 0.3) is 5.91 Å². The van der Waals surface area contributed by atoms with E-state index >= 15 is 0 Å². The van der Waals surface area contributed by atoms with Crippen LogP contribution in [0.15, 0.2) is 103 Å². The molecule has 2 aromatic carbocycles. The Kier molecular flexibility index (Phi) is 8.28. The smallest absolute Gasteiger partial charge is 0.310 e. The fourth-order valence-electron chi connectivity index (χ4n) is 4.54. The maximum atomic E-state index is 12.7. The van der Waals surface area contributed by atoms with Crippen LogP contribution in [0.25, 0.3) is 0 Å². The maximum absolute atomic E-state index is 12.7. The molecule has 0 radical (unpaired) electrons. The zero-order chi connectivity index (χ0) is 27.0. The quantitative estimate of drug-likeness (QED) is 0.435. The normalized spacial score (nSPS) is 19.5. The van der Waals surface area contributed by atoms with E-state index < -0.39 is 11.9 Å². The van der Waals surface area contributed by atoms with Crippen LogP contribution in [-0.2, 0) is 9.53 Å². The second-order valence-electron chi connectivity index (χ2n) is 9.64. The molecule has 3 N–H and O–H groups in total. The van der Waals surface area contributed by atoms with Gasteiger partial charge >= 0.3 is 5.97 Å². The van der Waals surface area contributed by atoms with Crippen molar-refractivity contribution < 1.29 is 24.2 Å². The number of hydrogen-bond acceptors (Lipinski definition) is 7. The second kappa shape index (κ2) is 12.4. The number of aliphatic carboxylic acids is 1. The molecule has 39 heavy (non-hydrogen) atoms. The van der Waals surface area contributed by atoms with Crippen LogP contribution in [-0.4, -0.2) is 46.8 Å². The van der Waals surface area contributed by atoms with Crippen LogP contribution in [0.2, 0.25) is 0 Å². The lowest BCUT2D eigenvalue weighted by Gasteiger charge is -2.39. The molecule has 9 heteroatoms. The Morgan fingerprint density at radius 2 is 1.74 bits per heavy atom. The fraction of sp³-hybridized carbons (Fsp3) is 0.267. The van der Waals surface area contributed by atoms with E-state index in [-0.39, 0.29) is 5.91 Å². The van der Waals surface area contributed by atoms with Crippen molar-refractivity contribution in [2.75, 3.05) is 19.7 Å². The highest BCUT2D eigenvalue weighted by Crippen LogP contribution is 2.24. The summed E-state index contributed by atoms with van der Waals surface area (Å²) >= 11 is 0. The van der Waals surface area contributed by atoms with Gasteiger partial charge in [-0.2, -0.15) is 0 Å². The number of carbonyl (C=O) groups excluding carboxylic acids is 1. The van der Waals surface area contributed by atoms with Gasteiger partial charge in [-0.15, -0.1) is 0 Å². The van der Waals surface area contributed by atoms with Crippen molar-refractivity contribution in [1.82, 2.24) is 20.9 Å². The third-order valence-corrected chi connectivity index (χ3v) is 6.87. The zero-order valence-corrected chi connectivity index (χ0v) is 21.5. The molecule has 0 aromatic heterocycles. The van der Waals surface area contributed by atoms with Gasteiger partial charge in [0, 0.05) is 31.1 Å².